The van der Waals surface area contributed by atoms with Gasteiger partial charge in [-0.2, -0.15) is 0 Å². The Balaban J connectivity index is 1.95. The first-order valence-corrected chi connectivity index (χ1v) is 9.97. The summed E-state index contributed by atoms with van der Waals surface area (Å²) in [5, 5.41) is 2.58. The van der Waals surface area contributed by atoms with Gasteiger partial charge in [-0.25, -0.2) is 8.42 Å². The van der Waals surface area contributed by atoms with E-state index in [1.54, 1.807) is 42.5 Å². The molecule has 1 N–H and O–H groups in total. The van der Waals surface area contributed by atoms with Crippen LogP contribution < -0.4 is 10.1 Å². The van der Waals surface area contributed by atoms with Crippen molar-refractivity contribution in [2.45, 2.75) is 12.7 Å². The zero-order chi connectivity index (χ0) is 17.6. The van der Waals surface area contributed by atoms with E-state index in [0.29, 0.717) is 23.6 Å². The van der Waals surface area contributed by atoms with Crippen LogP contribution in [0.5, 0.6) is 5.75 Å². The first-order chi connectivity index (χ1) is 11.4. The second-order valence-electron chi connectivity index (χ2n) is 5.17. The maximum atomic E-state index is 12.2. The molecule has 2 aromatic rings. The van der Waals surface area contributed by atoms with Gasteiger partial charge >= 0.3 is 0 Å². The fourth-order valence-corrected chi connectivity index (χ4v) is 3.84. The molecule has 0 bridgehead atoms. The monoisotopic (exact) mass is 411 g/mol. The molecular weight excluding hydrogens is 394 g/mol. The minimum Gasteiger partial charge on any atom is -0.494 e. The number of carbonyl (C=O) groups excluding carboxylic acids is 1. The fourth-order valence-electron chi connectivity index (χ4n) is 2.13. The molecule has 0 aromatic heterocycles. The number of benzene rings is 2. The summed E-state index contributed by atoms with van der Waals surface area (Å²) in [6, 6.07) is 13.8. The van der Waals surface area contributed by atoms with E-state index in [1.165, 1.54) is 0 Å². The third-order valence-electron chi connectivity index (χ3n) is 3.08. The molecule has 0 atom stereocenters. The van der Waals surface area contributed by atoms with Crippen LogP contribution in [0.3, 0.4) is 0 Å². The second-order valence-corrected chi connectivity index (χ2v) is 8.15. The van der Waals surface area contributed by atoms with Crippen molar-refractivity contribution in [1.29, 1.82) is 0 Å². The van der Waals surface area contributed by atoms with E-state index in [9.17, 15) is 13.2 Å². The van der Waals surface area contributed by atoms with Crippen LogP contribution in [0.1, 0.15) is 12.5 Å². The average Bonchev–Trinajstić information content (AvgIpc) is 2.48. The summed E-state index contributed by atoms with van der Waals surface area (Å²) in [6.07, 6.45) is 0. The highest BCUT2D eigenvalue weighted by molar-refractivity contribution is 9.10. The summed E-state index contributed by atoms with van der Waals surface area (Å²) in [4.78, 5) is 12.0. The third kappa shape index (κ3) is 5.98. The van der Waals surface area contributed by atoms with Crippen molar-refractivity contribution in [3.05, 3.63) is 58.6 Å². The van der Waals surface area contributed by atoms with Gasteiger partial charge in [-0.3, -0.25) is 4.79 Å². The molecule has 2 aromatic carbocycles. The molecule has 0 unspecified atom stereocenters. The molecule has 0 fully saturated rings. The van der Waals surface area contributed by atoms with E-state index in [4.69, 9.17) is 4.74 Å². The van der Waals surface area contributed by atoms with E-state index < -0.39 is 21.5 Å². The SMILES string of the molecule is CCOc1ccc(NC(=O)CS(=O)(=O)Cc2cccc(Br)c2)cc1. The molecule has 2 rings (SSSR count). The summed E-state index contributed by atoms with van der Waals surface area (Å²) in [6.45, 7) is 2.44. The van der Waals surface area contributed by atoms with Gasteiger partial charge in [-0.15, -0.1) is 0 Å². The Morgan fingerprint density at radius 3 is 2.50 bits per heavy atom. The Morgan fingerprint density at radius 1 is 1.17 bits per heavy atom. The predicted molar refractivity (Wildman–Crippen MR) is 97.9 cm³/mol. The molecular formula is C17H18BrNO4S. The molecule has 128 valence electrons. The number of hydrogen-bond donors (Lipinski definition) is 1. The van der Waals surface area contributed by atoms with Crippen molar-refractivity contribution in [3.8, 4) is 5.75 Å². The van der Waals surface area contributed by atoms with E-state index in [0.717, 1.165) is 4.47 Å². The maximum absolute atomic E-state index is 12.2. The third-order valence-corrected chi connectivity index (χ3v) is 5.04. The molecule has 24 heavy (non-hydrogen) atoms. The minimum atomic E-state index is -3.55. The number of ether oxygens (including phenoxy) is 1. The molecule has 0 saturated carbocycles. The number of anilines is 1. The van der Waals surface area contributed by atoms with Crippen LogP contribution >= 0.6 is 15.9 Å². The van der Waals surface area contributed by atoms with Crippen molar-refractivity contribution in [3.63, 3.8) is 0 Å². The smallest absolute Gasteiger partial charge is 0.239 e. The van der Waals surface area contributed by atoms with Crippen molar-refractivity contribution in [1.82, 2.24) is 0 Å². The first kappa shape index (κ1) is 18.5. The lowest BCUT2D eigenvalue weighted by Crippen LogP contribution is -2.23. The van der Waals surface area contributed by atoms with Crippen molar-refractivity contribution >= 4 is 37.4 Å². The average molecular weight is 412 g/mol. The van der Waals surface area contributed by atoms with Crippen LogP contribution in [0.2, 0.25) is 0 Å². The van der Waals surface area contributed by atoms with Gasteiger partial charge in [0.1, 0.15) is 11.5 Å². The zero-order valence-corrected chi connectivity index (χ0v) is 15.6. The highest BCUT2D eigenvalue weighted by atomic mass is 79.9. The first-order valence-electron chi connectivity index (χ1n) is 7.35. The van der Waals surface area contributed by atoms with Gasteiger partial charge in [0.05, 0.1) is 12.4 Å². The molecule has 5 nitrogen and oxygen atoms in total. The number of rotatable bonds is 7. The Bertz CT molecular complexity index is 804. The molecule has 7 heteroatoms. The van der Waals surface area contributed by atoms with Crippen LogP contribution in [0.25, 0.3) is 0 Å². The number of sulfone groups is 1. The van der Waals surface area contributed by atoms with E-state index in [1.807, 2.05) is 13.0 Å². The van der Waals surface area contributed by atoms with Crippen molar-refractivity contribution in [2.24, 2.45) is 0 Å². The van der Waals surface area contributed by atoms with Gasteiger partial charge in [0, 0.05) is 10.2 Å². The lowest BCUT2D eigenvalue weighted by Gasteiger charge is -2.08. The van der Waals surface area contributed by atoms with Gasteiger partial charge in [0.15, 0.2) is 9.84 Å². The topological polar surface area (TPSA) is 72.5 Å². The molecule has 0 aliphatic heterocycles. The molecule has 1 amide bonds. The minimum absolute atomic E-state index is 0.177. The van der Waals surface area contributed by atoms with Crippen LogP contribution in [0.15, 0.2) is 53.0 Å². The summed E-state index contributed by atoms with van der Waals surface area (Å²) in [5.74, 6) is -0.609. The van der Waals surface area contributed by atoms with Crippen LogP contribution in [-0.2, 0) is 20.4 Å². The fraction of sp³-hybridized carbons (Fsp3) is 0.235. The highest BCUT2D eigenvalue weighted by Crippen LogP contribution is 2.17. The van der Waals surface area contributed by atoms with Gasteiger partial charge in [0.2, 0.25) is 5.91 Å². The van der Waals surface area contributed by atoms with Gasteiger partial charge in [-0.05, 0) is 48.9 Å². The summed E-state index contributed by atoms with van der Waals surface area (Å²) in [7, 11) is -3.55. The molecule has 0 spiro atoms. The van der Waals surface area contributed by atoms with Crippen LogP contribution in [0, 0.1) is 0 Å². The maximum Gasteiger partial charge on any atom is 0.239 e. The van der Waals surface area contributed by atoms with Gasteiger partial charge < -0.3 is 10.1 Å². The van der Waals surface area contributed by atoms with Crippen molar-refractivity contribution < 1.29 is 17.9 Å². The molecule has 0 aliphatic carbocycles. The predicted octanol–water partition coefficient (Wildman–Crippen LogP) is 3.40. The van der Waals surface area contributed by atoms with Crippen LogP contribution in [-0.4, -0.2) is 26.7 Å². The van der Waals surface area contributed by atoms with Gasteiger partial charge in [0.25, 0.3) is 0 Å². The Morgan fingerprint density at radius 2 is 1.88 bits per heavy atom. The van der Waals surface area contributed by atoms with E-state index in [2.05, 4.69) is 21.2 Å². The Labute approximate surface area is 150 Å². The Hall–Kier alpha value is -1.86. The molecule has 0 aliphatic rings. The number of nitrogens with one attached hydrogen (secondary N) is 1. The molecule has 0 saturated heterocycles. The lowest BCUT2D eigenvalue weighted by molar-refractivity contribution is -0.113. The lowest BCUT2D eigenvalue weighted by atomic mass is 10.2. The Kier molecular flexibility index (Phi) is 6.39. The normalized spacial score (nSPS) is 11.1. The van der Waals surface area contributed by atoms with E-state index >= 15 is 0 Å². The van der Waals surface area contributed by atoms with E-state index in [-0.39, 0.29) is 5.75 Å². The van der Waals surface area contributed by atoms with Gasteiger partial charge in [-0.1, -0.05) is 28.1 Å². The number of carbonyl (C=O) groups is 1. The van der Waals surface area contributed by atoms with Crippen molar-refractivity contribution in [2.75, 3.05) is 17.7 Å². The highest BCUT2D eigenvalue weighted by Gasteiger charge is 2.17. The summed E-state index contributed by atoms with van der Waals surface area (Å²) >= 11 is 3.30. The summed E-state index contributed by atoms with van der Waals surface area (Å²) in [5.41, 5.74) is 1.17. The number of hydrogen-bond acceptors (Lipinski definition) is 4. The largest absolute Gasteiger partial charge is 0.494 e. The molecule has 0 heterocycles. The number of amides is 1. The van der Waals surface area contributed by atoms with Crippen LogP contribution in [0.4, 0.5) is 5.69 Å². The number of halogens is 1. The second kappa shape index (κ2) is 8.30. The summed E-state index contributed by atoms with van der Waals surface area (Å²) < 4.78 is 30.4. The quantitative estimate of drug-likeness (QED) is 0.757. The molecule has 0 radical (unpaired) electrons. The standard InChI is InChI=1S/C17H18BrNO4S/c1-2-23-16-8-6-15(7-9-16)19-17(20)12-24(21,22)11-13-4-3-5-14(18)10-13/h3-10H,2,11-12H2,1H3,(H,19,20). The zero-order valence-electron chi connectivity index (χ0n) is 13.2.